The fraction of sp³-hybridized carbons (Fsp3) is 1.00. The van der Waals surface area contributed by atoms with Crippen LogP contribution in [0.4, 0.5) is 0 Å². The standard InChI is InChI=1S/C8H16O2/c1-6(2)7(9)5-8(10)3-4-8/h6-7,9-10H,3-5H2,1-2H3. The molecule has 1 rings (SSSR count). The lowest BCUT2D eigenvalue weighted by Gasteiger charge is -2.17. The van der Waals surface area contributed by atoms with E-state index in [1.165, 1.54) is 0 Å². The molecule has 0 aliphatic heterocycles. The third kappa shape index (κ3) is 1.96. The minimum atomic E-state index is -0.496. The average Bonchev–Trinajstić information content (AvgIpc) is 2.47. The van der Waals surface area contributed by atoms with Crippen LogP contribution in [0.25, 0.3) is 0 Å². The van der Waals surface area contributed by atoms with E-state index in [1.807, 2.05) is 13.8 Å². The molecule has 60 valence electrons. The molecule has 2 nitrogen and oxygen atoms in total. The quantitative estimate of drug-likeness (QED) is 0.618. The Hall–Kier alpha value is -0.0800. The van der Waals surface area contributed by atoms with Gasteiger partial charge in [-0.05, 0) is 18.8 Å². The normalized spacial score (nSPS) is 24.9. The van der Waals surface area contributed by atoms with Crippen molar-refractivity contribution in [2.24, 2.45) is 5.92 Å². The summed E-state index contributed by atoms with van der Waals surface area (Å²) in [4.78, 5) is 0. The van der Waals surface area contributed by atoms with E-state index >= 15 is 0 Å². The molecule has 0 bridgehead atoms. The van der Waals surface area contributed by atoms with Crippen molar-refractivity contribution < 1.29 is 10.2 Å². The SMILES string of the molecule is CC(C)C(O)CC1(O)CC1. The molecule has 2 N–H and O–H groups in total. The van der Waals surface area contributed by atoms with Gasteiger partial charge in [0, 0.05) is 6.42 Å². The third-order valence-electron chi connectivity index (χ3n) is 2.19. The van der Waals surface area contributed by atoms with Gasteiger partial charge >= 0.3 is 0 Å². The molecule has 1 atom stereocenters. The summed E-state index contributed by atoms with van der Waals surface area (Å²) in [5.74, 6) is 0.268. The molecule has 10 heavy (non-hydrogen) atoms. The Kier molecular flexibility index (Phi) is 2.02. The van der Waals surface area contributed by atoms with Gasteiger partial charge < -0.3 is 10.2 Å². The molecule has 1 unspecified atom stereocenters. The highest BCUT2D eigenvalue weighted by Gasteiger charge is 2.42. The maximum atomic E-state index is 9.39. The van der Waals surface area contributed by atoms with Gasteiger partial charge in [0.05, 0.1) is 11.7 Å². The molecule has 1 aliphatic rings. The topological polar surface area (TPSA) is 40.5 Å². The Morgan fingerprint density at radius 1 is 1.40 bits per heavy atom. The van der Waals surface area contributed by atoms with Crippen LogP contribution < -0.4 is 0 Å². The van der Waals surface area contributed by atoms with Gasteiger partial charge in [0.25, 0.3) is 0 Å². The summed E-state index contributed by atoms with van der Waals surface area (Å²) in [6.07, 6.45) is 1.98. The first-order valence-corrected chi connectivity index (χ1v) is 3.94. The van der Waals surface area contributed by atoms with Crippen LogP contribution in [-0.4, -0.2) is 21.9 Å². The minimum Gasteiger partial charge on any atom is -0.393 e. The summed E-state index contributed by atoms with van der Waals surface area (Å²) in [5.41, 5.74) is -0.496. The van der Waals surface area contributed by atoms with Crippen LogP contribution in [0, 0.1) is 5.92 Å². The van der Waals surface area contributed by atoms with Gasteiger partial charge in [-0.2, -0.15) is 0 Å². The zero-order valence-corrected chi connectivity index (χ0v) is 6.67. The van der Waals surface area contributed by atoms with Crippen LogP contribution in [0.2, 0.25) is 0 Å². The van der Waals surface area contributed by atoms with E-state index in [0.29, 0.717) is 6.42 Å². The third-order valence-corrected chi connectivity index (χ3v) is 2.19. The van der Waals surface area contributed by atoms with Crippen molar-refractivity contribution in [3.05, 3.63) is 0 Å². The molecule has 0 saturated heterocycles. The first-order valence-electron chi connectivity index (χ1n) is 3.94. The zero-order chi connectivity index (χ0) is 7.78. The Labute approximate surface area is 61.9 Å². The Balaban J connectivity index is 2.24. The van der Waals surface area contributed by atoms with Gasteiger partial charge in [-0.1, -0.05) is 13.8 Å². The van der Waals surface area contributed by atoms with Crippen molar-refractivity contribution in [1.29, 1.82) is 0 Å². The lowest BCUT2D eigenvalue weighted by Crippen LogP contribution is -2.23. The number of aliphatic hydroxyl groups excluding tert-OH is 1. The Morgan fingerprint density at radius 2 is 1.90 bits per heavy atom. The van der Waals surface area contributed by atoms with Crippen LogP contribution >= 0.6 is 0 Å². The van der Waals surface area contributed by atoms with Crippen molar-refractivity contribution in [1.82, 2.24) is 0 Å². The van der Waals surface area contributed by atoms with E-state index in [2.05, 4.69) is 0 Å². The van der Waals surface area contributed by atoms with Gasteiger partial charge in [0.2, 0.25) is 0 Å². The average molecular weight is 144 g/mol. The van der Waals surface area contributed by atoms with Gasteiger partial charge in [0.1, 0.15) is 0 Å². The molecule has 0 spiro atoms. The first-order chi connectivity index (χ1) is 4.53. The molecule has 1 fully saturated rings. The Morgan fingerprint density at radius 3 is 2.20 bits per heavy atom. The molecule has 0 heterocycles. The number of hydrogen-bond donors (Lipinski definition) is 2. The second kappa shape index (κ2) is 2.51. The fourth-order valence-corrected chi connectivity index (χ4v) is 0.973. The summed E-state index contributed by atoms with van der Waals surface area (Å²) in [6.45, 7) is 3.94. The highest BCUT2D eigenvalue weighted by Crippen LogP contribution is 2.40. The van der Waals surface area contributed by atoms with Crippen LogP contribution in [0.1, 0.15) is 33.1 Å². The maximum absolute atomic E-state index is 9.39. The maximum Gasteiger partial charge on any atom is 0.0674 e. The van der Waals surface area contributed by atoms with Crippen LogP contribution in [0.15, 0.2) is 0 Å². The molecule has 0 amide bonds. The summed E-state index contributed by atoms with van der Waals surface area (Å²) < 4.78 is 0. The molecule has 0 aromatic rings. The molecular weight excluding hydrogens is 128 g/mol. The van der Waals surface area contributed by atoms with E-state index < -0.39 is 5.60 Å². The number of hydrogen-bond acceptors (Lipinski definition) is 2. The molecule has 1 aliphatic carbocycles. The van der Waals surface area contributed by atoms with Crippen LogP contribution in [0.3, 0.4) is 0 Å². The van der Waals surface area contributed by atoms with E-state index in [1.54, 1.807) is 0 Å². The lowest BCUT2D eigenvalue weighted by atomic mass is 10.0. The van der Waals surface area contributed by atoms with Gasteiger partial charge in [-0.15, -0.1) is 0 Å². The van der Waals surface area contributed by atoms with Crippen LogP contribution in [-0.2, 0) is 0 Å². The molecule has 0 aromatic heterocycles. The highest BCUT2D eigenvalue weighted by atomic mass is 16.3. The second-order valence-corrected chi connectivity index (χ2v) is 3.74. The largest absolute Gasteiger partial charge is 0.393 e. The van der Waals surface area contributed by atoms with Gasteiger partial charge in [-0.25, -0.2) is 0 Å². The monoisotopic (exact) mass is 144 g/mol. The van der Waals surface area contributed by atoms with E-state index in [-0.39, 0.29) is 12.0 Å². The van der Waals surface area contributed by atoms with Crippen LogP contribution in [0.5, 0.6) is 0 Å². The molecule has 0 radical (unpaired) electrons. The predicted octanol–water partition coefficient (Wildman–Crippen LogP) is 0.918. The van der Waals surface area contributed by atoms with Crippen molar-refractivity contribution in [2.45, 2.75) is 44.8 Å². The molecule has 1 saturated carbocycles. The van der Waals surface area contributed by atoms with Crippen molar-refractivity contribution in [3.63, 3.8) is 0 Å². The molecule has 0 aromatic carbocycles. The van der Waals surface area contributed by atoms with Gasteiger partial charge in [0.15, 0.2) is 0 Å². The first kappa shape index (κ1) is 8.02. The summed E-state index contributed by atoms with van der Waals surface area (Å²) in [5, 5.41) is 18.7. The van der Waals surface area contributed by atoms with E-state index in [0.717, 1.165) is 12.8 Å². The van der Waals surface area contributed by atoms with Crippen molar-refractivity contribution in [3.8, 4) is 0 Å². The summed E-state index contributed by atoms with van der Waals surface area (Å²) in [7, 11) is 0. The molecule has 2 heteroatoms. The predicted molar refractivity (Wildman–Crippen MR) is 39.6 cm³/mol. The highest BCUT2D eigenvalue weighted by molar-refractivity contribution is 4.95. The van der Waals surface area contributed by atoms with Crippen molar-refractivity contribution >= 4 is 0 Å². The van der Waals surface area contributed by atoms with E-state index in [9.17, 15) is 10.2 Å². The summed E-state index contributed by atoms with van der Waals surface area (Å²) in [6, 6.07) is 0. The lowest BCUT2D eigenvalue weighted by molar-refractivity contribution is 0.0405. The fourth-order valence-electron chi connectivity index (χ4n) is 0.973. The minimum absolute atomic E-state index is 0.268. The second-order valence-electron chi connectivity index (χ2n) is 3.74. The number of aliphatic hydroxyl groups is 2. The molecular formula is C8H16O2. The van der Waals surface area contributed by atoms with E-state index in [4.69, 9.17) is 0 Å². The van der Waals surface area contributed by atoms with Crippen molar-refractivity contribution in [2.75, 3.05) is 0 Å². The van der Waals surface area contributed by atoms with Gasteiger partial charge in [-0.3, -0.25) is 0 Å². The Bertz CT molecular complexity index is 116. The zero-order valence-electron chi connectivity index (χ0n) is 6.67. The smallest absolute Gasteiger partial charge is 0.0674 e. The summed E-state index contributed by atoms with van der Waals surface area (Å²) >= 11 is 0. The number of rotatable bonds is 3.